The largest absolute Gasteiger partial charge is 0.497 e. The van der Waals surface area contributed by atoms with Gasteiger partial charge in [0.1, 0.15) is 5.75 Å². The molecule has 0 aliphatic carbocycles. The Morgan fingerprint density at radius 1 is 1.20 bits per heavy atom. The number of aryl methyl sites for hydroxylation is 1. The molecule has 1 heterocycles. The topological polar surface area (TPSA) is 34.1 Å². The summed E-state index contributed by atoms with van der Waals surface area (Å²) >= 11 is 0. The first kappa shape index (κ1) is 14.5. The summed E-state index contributed by atoms with van der Waals surface area (Å²) in [5.74, 6) is 0.885. The molecule has 0 spiro atoms. The fourth-order valence-electron chi connectivity index (χ4n) is 2.17. The molecule has 0 aliphatic rings. The summed E-state index contributed by atoms with van der Waals surface area (Å²) in [5, 5.41) is 3.47. The Kier molecular flexibility index (Phi) is 4.74. The number of methoxy groups -OCH3 is 1. The van der Waals surface area contributed by atoms with Crippen LogP contribution < -0.4 is 10.1 Å². The fraction of sp³-hybridized carbons (Fsp3) is 0.353. The predicted molar refractivity (Wildman–Crippen MR) is 82.9 cm³/mol. The van der Waals surface area contributed by atoms with Gasteiger partial charge in [-0.1, -0.05) is 19.9 Å². The van der Waals surface area contributed by atoms with Gasteiger partial charge in [0.25, 0.3) is 0 Å². The molecular weight excluding hydrogens is 248 g/mol. The molecule has 0 amide bonds. The molecule has 0 radical (unpaired) electrons. The lowest BCUT2D eigenvalue weighted by Crippen LogP contribution is -2.22. The minimum atomic E-state index is 0.448. The summed E-state index contributed by atoms with van der Waals surface area (Å²) in [7, 11) is 1.70. The third-order valence-corrected chi connectivity index (χ3v) is 3.34. The van der Waals surface area contributed by atoms with Crippen molar-refractivity contribution in [3.05, 3.63) is 47.8 Å². The lowest BCUT2D eigenvalue weighted by molar-refractivity contribution is 0.414. The zero-order valence-corrected chi connectivity index (χ0v) is 12.6. The van der Waals surface area contributed by atoms with Crippen molar-refractivity contribution < 1.29 is 4.74 Å². The summed E-state index contributed by atoms with van der Waals surface area (Å²) in [6.45, 7) is 7.23. The van der Waals surface area contributed by atoms with Crippen molar-refractivity contribution in [3.8, 4) is 16.9 Å². The summed E-state index contributed by atoms with van der Waals surface area (Å²) in [5.41, 5.74) is 4.85. The van der Waals surface area contributed by atoms with Crippen molar-refractivity contribution in [2.75, 3.05) is 7.11 Å². The van der Waals surface area contributed by atoms with Gasteiger partial charge in [-0.3, -0.25) is 4.98 Å². The zero-order valence-electron chi connectivity index (χ0n) is 12.6. The summed E-state index contributed by atoms with van der Waals surface area (Å²) in [6.07, 6.45) is 3.75. The number of hydrogen-bond acceptors (Lipinski definition) is 3. The fourth-order valence-corrected chi connectivity index (χ4v) is 2.17. The van der Waals surface area contributed by atoms with E-state index in [-0.39, 0.29) is 0 Å². The highest BCUT2D eigenvalue weighted by Gasteiger charge is 2.09. The van der Waals surface area contributed by atoms with Gasteiger partial charge in [-0.25, -0.2) is 0 Å². The van der Waals surface area contributed by atoms with E-state index in [9.17, 15) is 0 Å². The maximum Gasteiger partial charge on any atom is 0.119 e. The van der Waals surface area contributed by atoms with Crippen LogP contribution in [0, 0.1) is 6.92 Å². The van der Waals surface area contributed by atoms with Crippen LogP contribution in [0.2, 0.25) is 0 Å². The second-order valence-corrected chi connectivity index (χ2v) is 5.25. The molecule has 2 rings (SSSR count). The van der Waals surface area contributed by atoms with E-state index in [1.165, 1.54) is 22.3 Å². The van der Waals surface area contributed by atoms with Crippen LogP contribution in [0.4, 0.5) is 0 Å². The molecule has 20 heavy (non-hydrogen) atoms. The van der Waals surface area contributed by atoms with E-state index in [0.717, 1.165) is 12.3 Å². The maximum atomic E-state index is 5.34. The van der Waals surface area contributed by atoms with E-state index in [1.807, 2.05) is 24.5 Å². The van der Waals surface area contributed by atoms with E-state index in [4.69, 9.17) is 4.74 Å². The third-order valence-electron chi connectivity index (χ3n) is 3.34. The molecule has 3 heteroatoms. The van der Waals surface area contributed by atoms with Gasteiger partial charge in [-0.05, 0) is 41.8 Å². The number of rotatable bonds is 5. The van der Waals surface area contributed by atoms with E-state index >= 15 is 0 Å². The van der Waals surface area contributed by atoms with Gasteiger partial charge in [0.15, 0.2) is 0 Å². The highest BCUT2D eigenvalue weighted by molar-refractivity contribution is 5.70. The molecule has 0 bridgehead atoms. The molecule has 106 valence electrons. The molecule has 2 aromatic rings. The van der Waals surface area contributed by atoms with Crippen LogP contribution in [0.1, 0.15) is 25.0 Å². The van der Waals surface area contributed by atoms with E-state index in [1.54, 1.807) is 7.11 Å². The SMILES string of the molecule is COc1ccc(-c2cnccc2C)c(CNC(C)C)c1. The van der Waals surface area contributed by atoms with E-state index < -0.39 is 0 Å². The van der Waals surface area contributed by atoms with Gasteiger partial charge in [-0.15, -0.1) is 0 Å². The minimum Gasteiger partial charge on any atom is -0.497 e. The Balaban J connectivity index is 2.43. The number of aromatic nitrogens is 1. The molecule has 0 unspecified atom stereocenters. The van der Waals surface area contributed by atoms with Crippen molar-refractivity contribution in [2.45, 2.75) is 33.4 Å². The Morgan fingerprint density at radius 2 is 2.00 bits per heavy atom. The normalized spacial score (nSPS) is 10.8. The van der Waals surface area contributed by atoms with Crippen LogP contribution in [0.25, 0.3) is 11.1 Å². The number of pyridine rings is 1. The highest BCUT2D eigenvalue weighted by Crippen LogP contribution is 2.29. The predicted octanol–water partition coefficient (Wildman–Crippen LogP) is 3.56. The molecule has 0 saturated heterocycles. The molecule has 1 aromatic carbocycles. The van der Waals surface area contributed by atoms with Gasteiger partial charge in [0.05, 0.1) is 7.11 Å². The lowest BCUT2D eigenvalue weighted by atomic mass is 9.97. The first-order chi connectivity index (χ1) is 9.61. The summed E-state index contributed by atoms with van der Waals surface area (Å²) in [6, 6.07) is 8.70. The van der Waals surface area contributed by atoms with Gasteiger partial charge in [0.2, 0.25) is 0 Å². The molecule has 0 fully saturated rings. The zero-order chi connectivity index (χ0) is 14.5. The average molecular weight is 270 g/mol. The standard InChI is InChI=1S/C17H22N2O/c1-12(2)19-10-14-9-15(20-4)5-6-16(14)17-11-18-8-7-13(17)3/h5-9,11-12,19H,10H2,1-4H3. The molecule has 0 atom stereocenters. The molecule has 1 aromatic heterocycles. The van der Waals surface area contributed by atoms with E-state index in [0.29, 0.717) is 6.04 Å². The third kappa shape index (κ3) is 3.36. The van der Waals surface area contributed by atoms with Crippen molar-refractivity contribution in [1.82, 2.24) is 10.3 Å². The number of nitrogens with zero attached hydrogens (tertiary/aromatic N) is 1. The van der Waals surface area contributed by atoms with Crippen molar-refractivity contribution in [2.24, 2.45) is 0 Å². The summed E-state index contributed by atoms with van der Waals surface area (Å²) < 4.78 is 5.34. The Bertz CT molecular complexity index is 579. The van der Waals surface area contributed by atoms with Crippen molar-refractivity contribution >= 4 is 0 Å². The van der Waals surface area contributed by atoms with Gasteiger partial charge >= 0.3 is 0 Å². The smallest absolute Gasteiger partial charge is 0.119 e. The maximum absolute atomic E-state index is 5.34. The lowest BCUT2D eigenvalue weighted by Gasteiger charge is -2.15. The highest BCUT2D eigenvalue weighted by atomic mass is 16.5. The Hall–Kier alpha value is -1.87. The number of nitrogens with one attached hydrogen (secondary N) is 1. The van der Waals surface area contributed by atoms with Gasteiger partial charge in [-0.2, -0.15) is 0 Å². The monoisotopic (exact) mass is 270 g/mol. The first-order valence-corrected chi connectivity index (χ1v) is 6.93. The molecular formula is C17H22N2O. The number of ether oxygens (including phenoxy) is 1. The van der Waals surface area contributed by atoms with E-state index in [2.05, 4.69) is 43.2 Å². The van der Waals surface area contributed by atoms with Crippen LogP contribution in [-0.2, 0) is 6.54 Å². The molecule has 0 saturated carbocycles. The van der Waals surface area contributed by atoms with Crippen molar-refractivity contribution in [1.29, 1.82) is 0 Å². The van der Waals surface area contributed by atoms with Gasteiger partial charge < -0.3 is 10.1 Å². The number of hydrogen-bond donors (Lipinski definition) is 1. The summed E-state index contributed by atoms with van der Waals surface area (Å²) in [4.78, 5) is 4.25. The second-order valence-electron chi connectivity index (χ2n) is 5.25. The molecule has 3 nitrogen and oxygen atoms in total. The quantitative estimate of drug-likeness (QED) is 0.902. The van der Waals surface area contributed by atoms with Crippen LogP contribution in [0.5, 0.6) is 5.75 Å². The van der Waals surface area contributed by atoms with Crippen LogP contribution in [0.15, 0.2) is 36.7 Å². The van der Waals surface area contributed by atoms with Crippen LogP contribution in [-0.4, -0.2) is 18.1 Å². The molecule has 0 aliphatic heterocycles. The minimum absolute atomic E-state index is 0.448. The van der Waals surface area contributed by atoms with Crippen molar-refractivity contribution in [3.63, 3.8) is 0 Å². The second kappa shape index (κ2) is 6.53. The number of benzene rings is 1. The molecule has 1 N–H and O–H groups in total. The van der Waals surface area contributed by atoms with Gasteiger partial charge in [0, 0.05) is 30.5 Å². The average Bonchev–Trinajstić information content (AvgIpc) is 2.45. The first-order valence-electron chi connectivity index (χ1n) is 6.93. The Labute approximate surface area is 121 Å². The van der Waals surface area contributed by atoms with Crippen LogP contribution in [0.3, 0.4) is 0 Å². The van der Waals surface area contributed by atoms with Crippen LogP contribution >= 0.6 is 0 Å². The Morgan fingerprint density at radius 3 is 2.65 bits per heavy atom.